The van der Waals surface area contributed by atoms with Gasteiger partial charge in [0.05, 0.1) is 0 Å². The third-order valence-corrected chi connectivity index (χ3v) is 3.25. The topological polar surface area (TPSA) is 61.4 Å². The summed E-state index contributed by atoms with van der Waals surface area (Å²) in [5, 5.41) is 5.24. The molecule has 0 unspecified atom stereocenters. The number of amides is 3. The number of carbonyl (C=O) groups is 2. The molecule has 1 saturated heterocycles. The van der Waals surface area contributed by atoms with Crippen molar-refractivity contribution in [1.29, 1.82) is 0 Å². The molecule has 1 aromatic rings. The van der Waals surface area contributed by atoms with Crippen molar-refractivity contribution >= 4 is 11.9 Å². The van der Waals surface area contributed by atoms with Crippen LogP contribution in [0.4, 0.5) is 4.79 Å². The summed E-state index contributed by atoms with van der Waals surface area (Å²) in [7, 11) is 1.59. The summed E-state index contributed by atoms with van der Waals surface area (Å²) in [6.07, 6.45) is 1.64. The van der Waals surface area contributed by atoms with Crippen LogP contribution in [0, 0.1) is 0 Å². The van der Waals surface area contributed by atoms with Crippen molar-refractivity contribution in [1.82, 2.24) is 15.5 Å². The number of carbonyl (C=O) groups excluding carboxylic acids is 2. The van der Waals surface area contributed by atoms with Gasteiger partial charge < -0.3 is 15.5 Å². The first kappa shape index (κ1) is 13.4. The number of nitrogens with one attached hydrogen (secondary N) is 2. The minimum Gasteiger partial charge on any atom is -0.341 e. The number of hydrogen-bond acceptors (Lipinski definition) is 2. The molecular formula is C14H19N3O2. The van der Waals surface area contributed by atoms with Crippen LogP contribution in [0.25, 0.3) is 0 Å². The van der Waals surface area contributed by atoms with Crippen molar-refractivity contribution in [2.45, 2.75) is 25.9 Å². The zero-order valence-electron chi connectivity index (χ0n) is 11.1. The van der Waals surface area contributed by atoms with Crippen molar-refractivity contribution in [3.05, 3.63) is 35.4 Å². The molecule has 0 radical (unpaired) electrons. The highest BCUT2D eigenvalue weighted by Crippen LogP contribution is 2.14. The van der Waals surface area contributed by atoms with Crippen LogP contribution < -0.4 is 10.6 Å². The lowest BCUT2D eigenvalue weighted by Gasteiger charge is -2.15. The molecule has 1 aliphatic heterocycles. The molecule has 0 bridgehead atoms. The molecule has 2 N–H and O–H groups in total. The van der Waals surface area contributed by atoms with Gasteiger partial charge in [-0.15, -0.1) is 0 Å². The van der Waals surface area contributed by atoms with Crippen LogP contribution in [0.1, 0.15) is 24.0 Å². The predicted octanol–water partition coefficient (Wildman–Crippen LogP) is 1.24. The summed E-state index contributed by atoms with van der Waals surface area (Å²) in [5.41, 5.74) is 2.17. The number of benzene rings is 1. The number of urea groups is 1. The van der Waals surface area contributed by atoms with Gasteiger partial charge >= 0.3 is 6.03 Å². The predicted molar refractivity (Wildman–Crippen MR) is 72.4 cm³/mol. The van der Waals surface area contributed by atoms with Crippen LogP contribution >= 0.6 is 0 Å². The Morgan fingerprint density at radius 3 is 2.53 bits per heavy atom. The second-order valence-corrected chi connectivity index (χ2v) is 4.67. The van der Waals surface area contributed by atoms with Crippen molar-refractivity contribution in [2.75, 3.05) is 13.6 Å². The fourth-order valence-corrected chi connectivity index (χ4v) is 2.12. The highest BCUT2D eigenvalue weighted by molar-refractivity contribution is 5.78. The Labute approximate surface area is 113 Å². The third-order valence-electron chi connectivity index (χ3n) is 3.25. The van der Waals surface area contributed by atoms with E-state index in [-0.39, 0.29) is 11.9 Å². The van der Waals surface area contributed by atoms with E-state index in [9.17, 15) is 9.59 Å². The Kier molecular flexibility index (Phi) is 4.39. The molecule has 102 valence electrons. The first-order valence-electron chi connectivity index (χ1n) is 6.50. The minimum absolute atomic E-state index is 0.188. The van der Waals surface area contributed by atoms with E-state index in [1.165, 1.54) is 0 Å². The van der Waals surface area contributed by atoms with E-state index in [0.29, 0.717) is 19.5 Å². The molecule has 0 aliphatic carbocycles. The van der Waals surface area contributed by atoms with Gasteiger partial charge in [0.1, 0.15) is 0 Å². The zero-order chi connectivity index (χ0) is 13.7. The van der Waals surface area contributed by atoms with Gasteiger partial charge in [0.25, 0.3) is 0 Å². The van der Waals surface area contributed by atoms with Gasteiger partial charge in [-0.25, -0.2) is 4.79 Å². The first-order valence-corrected chi connectivity index (χ1v) is 6.50. The summed E-state index contributed by atoms with van der Waals surface area (Å²) in [5.74, 6) is 0.241. The van der Waals surface area contributed by atoms with Crippen molar-refractivity contribution < 1.29 is 9.59 Å². The van der Waals surface area contributed by atoms with E-state index in [0.717, 1.165) is 24.1 Å². The van der Waals surface area contributed by atoms with Crippen molar-refractivity contribution in [3.8, 4) is 0 Å². The fraction of sp³-hybridized carbons (Fsp3) is 0.429. The highest BCUT2D eigenvalue weighted by atomic mass is 16.2. The van der Waals surface area contributed by atoms with Crippen LogP contribution in [0.5, 0.6) is 0 Å². The van der Waals surface area contributed by atoms with E-state index in [1.807, 2.05) is 29.2 Å². The van der Waals surface area contributed by atoms with Crippen LogP contribution in [0.2, 0.25) is 0 Å². The number of hydrogen-bond donors (Lipinski definition) is 2. The summed E-state index contributed by atoms with van der Waals surface area (Å²) in [6.45, 7) is 2.05. The van der Waals surface area contributed by atoms with Gasteiger partial charge in [-0.1, -0.05) is 24.3 Å². The third kappa shape index (κ3) is 3.71. The van der Waals surface area contributed by atoms with E-state index in [2.05, 4.69) is 10.6 Å². The monoisotopic (exact) mass is 261 g/mol. The first-order chi connectivity index (χ1) is 9.19. The quantitative estimate of drug-likeness (QED) is 0.856. The normalized spacial score (nSPS) is 14.6. The average Bonchev–Trinajstić information content (AvgIpc) is 2.83. The number of nitrogens with zero attached hydrogens (tertiary/aromatic N) is 1. The summed E-state index contributed by atoms with van der Waals surface area (Å²) in [4.78, 5) is 24.5. The minimum atomic E-state index is -0.188. The Balaban J connectivity index is 1.87. The summed E-state index contributed by atoms with van der Waals surface area (Å²) in [6, 6.07) is 7.78. The van der Waals surface area contributed by atoms with E-state index in [4.69, 9.17) is 0 Å². The molecule has 0 spiro atoms. The van der Waals surface area contributed by atoms with E-state index >= 15 is 0 Å². The van der Waals surface area contributed by atoms with Crippen LogP contribution in [-0.4, -0.2) is 30.4 Å². The van der Waals surface area contributed by atoms with Crippen LogP contribution in [-0.2, 0) is 17.9 Å². The second-order valence-electron chi connectivity index (χ2n) is 4.67. The Bertz CT molecular complexity index is 456. The Morgan fingerprint density at radius 2 is 1.95 bits per heavy atom. The highest BCUT2D eigenvalue weighted by Gasteiger charge is 2.19. The van der Waals surface area contributed by atoms with Gasteiger partial charge in [0.2, 0.25) is 5.91 Å². The summed E-state index contributed by atoms with van der Waals surface area (Å²) < 4.78 is 0. The zero-order valence-corrected chi connectivity index (χ0v) is 11.1. The number of rotatable bonds is 4. The van der Waals surface area contributed by atoms with E-state index < -0.39 is 0 Å². The molecular weight excluding hydrogens is 242 g/mol. The van der Waals surface area contributed by atoms with Gasteiger partial charge in [0.15, 0.2) is 0 Å². The molecule has 19 heavy (non-hydrogen) atoms. The molecule has 0 atom stereocenters. The Morgan fingerprint density at radius 1 is 1.26 bits per heavy atom. The lowest BCUT2D eigenvalue weighted by Crippen LogP contribution is -2.32. The standard InChI is InChI=1S/C14H19N3O2/c1-15-14(19)16-9-11-4-6-12(7-5-11)10-17-8-2-3-13(17)18/h4-7H,2-3,8-10H2,1H3,(H2,15,16,19). The fourth-order valence-electron chi connectivity index (χ4n) is 2.12. The average molecular weight is 261 g/mol. The maximum Gasteiger partial charge on any atom is 0.314 e. The molecule has 0 saturated carbocycles. The van der Waals surface area contributed by atoms with Gasteiger partial charge in [-0.3, -0.25) is 4.79 Å². The molecule has 1 aliphatic rings. The summed E-state index contributed by atoms with van der Waals surface area (Å²) >= 11 is 0. The smallest absolute Gasteiger partial charge is 0.314 e. The van der Waals surface area contributed by atoms with Gasteiger partial charge in [-0.05, 0) is 17.5 Å². The largest absolute Gasteiger partial charge is 0.341 e. The van der Waals surface area contributed by atoms with Gasteiger partial charge in [-0.2, -0.15) is 0 Å². The molecule has 1 fully saturated rings. The maximum absolute atomic E-state index is 11.5. The molecule has 2 rings (SSSR count). The van der Waals surface area contributed by atoms with E-state index in [1.54, 1.807) is 7.05 Å². The van der Waals surface area contributed by atoms with Crippen molar-refractivity contribution in [2.24, 2.45) is 0 Å². The maximum atomic E-state index is 11.5. The van der Waals surface area contributed by atoms with Gasteiger partial charge in [0, 0.05) is 33.1 Å². The molecule has 5 heteroatoms. The van der Waals surface area contributed by atoms with Crippen LogP contribution in [0.3, 0.4) is 0 Å². The lowest BCUT2D eigenvalue weighted by molar-refractivity contribution is -0.128. The molecule has 1 aromatic carbocycles. The molecule has 3 amide bonds. The SMILES string of the molecule is CNC(=O)NCc1ccc(CN2CCCC2=O)cc1. The second kappa shape index (κ2) is 6.22. The molecule has 0 aromatic heterocycles. The van der Waals surface area contributed by atoms with Crippen molar-refractivity contribution in [3.63, 3.8) is 0 Å². The lowest BCUT2D eigenvalue weighted by atomic mass is 10.1. The Hall–Kier alpha value is -2.04. The molecule has 5 nitrogen and oxygen atoms in total. The van der Waals surface area contributed by atoms with Crippen LogP contribution in [0.15, 0.2) is 24.3 Å². The molecule has 1 heterocycles. The number of likely N-dealkylation sites (tertiary alicyclic amines) is 1.